The molecule has 1 aromatic carbocycles. The number of anilines is 1. The standard InChI is InChI=1S/C21H26N2O4S/c1-4-9-23-10-8-16-17(12-23)28-20(19(16)21(25)26-3)22-18(24)13-27-15-7-5-6-14(2)11-15/h5-7,11H,4,8-10,12-13H2,1-3H3,(H,22,24). The smallest absolute Gasteiger partial charge is 0.341 e. The Morgan fingerprint density at radius 3 is 2.86 bits per heavy atom. The summed E-state index contributed by atoms with van der Waals surface area (Å²) >= 11 is 1.46. The maximum atomic E-state index is 12.4. The molecule has 2 aromatic rings. The van der Waals surface area contributed by atoms with Crippen LogP contribution in [0, 0.1) is 6.92 Å². The van der Waals surface area contributed by atoms with Crippen LogP contribution in [-0.2, 0) is 22.5 Å². The second-order valence-electron chi connectivity index (χ2n) is 6.88. The van der Waals surface area contributed by atoms with Crippen LogP contribution in [0.1, 0.15) is 39.7 Å². The highest BCUT2D eigenvalue weighted by Gasteiger charge is 2.29. The Morgan fingerprint density at radius 1 is 1.32 bits per heavy atom. The summed E-state index contributed by atoms with van der Waals surface area (Å²) < 4.78 is 10.5. The Hall–Kier alpha value is -2.38. The molecule has 6 nitrogen and oxygen atoms in total. The SMILES string of the molecule is CCCN1CCc2c(sc(NC(=O)COc3cccc(C)c3)c2C(=O)OC)C1. The molecule has 0 bridgehead atoms. The number of carbonyl (C=O) groups is 2. The third-order valence-corrected chi connectivity index (χ3v) is 5.81. The van der Waals surface area contributed by atoms with Crippen LogP contribution in [0.2, 0.25) is 0 Å². The second-order valence-corrected chi connectivity index (χ2v) is 7.98. The van der Waals surface area contributed by atoms with Crippen molar-refractivity contribution in [3.8, 4) is 5.75 Å². The maximum Gasteiger partial charge on any atom is 0.341 e. The van der Waals surface area contributed by atoms with Crippen molar-refractivity contribution >= 4 is 28.2 Å². The third kappa shape index (κ3) is 4.72. The zero-order chi connectivity index (χ0) is 20.1. The second kappa shape index (κ2) is 9.21. The summed E-state index contributed by atoms with van der Waals surface area (Å²) in [7, 11) is 1.37. The fourth-order valence-corrected chi connectivity index (χ4v) is 4.68. The van der Waals surface area contributed by atoms with Gasteiger partial charge < -0.3 is 14.8 Å². The molecular formula is C21H26N2O4S. The molecule has 0 atom stereocenters. The fourth-order valence-electron chi connectivity index (χ4n) is 3.39. The van der Waals surface area contributed by atoms with Gasteiger partial charge in [0.1, 0.15) is 10.8 Å². The Morgan fingerprint density at radius 2 is 2.14 bits per heavy atom. The number of nitrogens with one attached hydrogen (secondary N) is 1. The van der Waals surface area contributed by atoms with Crippen molar-refractivity contribution in [2.75, 3.05) is 32.1 Å². The molecule has 7 heteroatoms. The average molecular weight is 403 g/mol. The van der Waals surface area contributed by atoms with Crippen molar-refractivity contribution in [1.29, 1.82) is 0 Å². The van der Waals surface area contributed by atoms with E-state index in [1.165, 1.54) is 18.4 Å². The van der Waals surface area contributed by atoms with Crippen LogP contribution >= 0.6 is 11.3 Å². The van der Waals surface area contributed by atoms with Gasteiger partial charge in [-0.1, -0.05) is 19.1 Å². The lowest BCUT2D eigenvalue weighted by Crippen LogP contribution is -2.30. The molecule has 28 heavy (non-hydrogen) atoms. The summed E-state index contributed by atoms with van der Waals surface area (Å²) in [6, 6.07) is 7.53. The van der Waals surface area contributed by atoms with E-state index in [0.29, 0.717) is 16.3 Å². The van der Waals surface area contributed by atoms with Gasteiger partial charge in [-0.2, -0.15) is 0 Å². The van der Waals surface area contributed by atoms with Crippen LogP contribution in [0.3, 0.4) is 0 Å². The van der Waals surface area contributed by atoms with Crippen LogP contribution in [-0.4, -0.2) is 43.6 Å². The van der Waals surface area contributed by atoms with E-state index >= 15 is 0 Å². The van der Waals surface area contributed by atoms with Crippen molar-refractivity contribution in [1.82, 2.24) is 4.90 Å². The number of aryl methyl sites for hydroxylation is 1. The molecule has 1 aliphatic rings. The van der Waals surface area contributed by atoms with Crippen molar-refractivity contribution in [3.05, 3.63) is 45.8 Å². The molecule has 0 unspecified atom stereocenters. The van der Waals surface area contributed by atoms with Crippen molar-refractivity contribution in [2.24, 2.45) is 0 Å². The normalized spacial score (nSPS) is 13.7. The van der Waals surface area contributed by atoms with Gasteiger partial charge in [0.15, 0.2) is 6.61 Å². The van der Waals surface area contributed by atoms with Crippen LogP contribution in [0.25, 0.3) is 0 Å². The molecule has 1 aromatic heterocycles. The number of benzene rings is 1. The highest BCUT2D eigenvalue weighted by atomic mass is 32.1. The first kappa shape index (κ1) is 20.4. The molecule has 0 saturated heterocycles. The zero-order valence-electron chi connectivity index (χ0n) is 16.5. The lowest BCUT2D eigenvalue weighted by atomic mass is 10.0. The van der Waals surface area contributed by atoms with Crippen LogP contribution in [0.15, 0.2) is 24.3 Å². The van der Waals surface area contributed by atoms with Crippen LogP contribution in [0.5, 0.6) is 5.75 Å². The van der Waals surface area contributed by atoms with E-state index in [1.807, 2.05) is 31.2 Å². The summed E-state index contributed by atoms with van der Waals surface area (Å²) in [5.41, 5.74) is 2.55. The van der Waals surface area contributed by atoms with E-state index in [0.717, 1.165) is 48.5 Å². The predicted octanol–water partition coefficient (Wildman–Crippen LogP) is 3.63. The van der Waals surface area contributed by atoms with Gasteiger partial charge in [0.25, 0.3) is 5.91 Å². The number of carbonyl (C=O) groups excluding carboxylic acids is 2. The molecule has 0 radical (unpaired) electrons. The van der Waals surface area contributed by atoms with E-state index in [9.17, 15) is 9.59 Å². The summed E-state index contributed by atoms with van der Waals surface area (Å²) in [6.07, 6.45) is 1.87. The van der Waals surface area contributed by atoms with Gasteiger partial charge in [-0.25, -0.2) is 4.79 Å². The number of hydrogen-bond donors (Lipinski definition) is 1. The molecule has 0 fully saturated rings. The topological polar surface area (TPSA) is 67.9 Å². The van der Waals surface area contributed by atoms with Gasteiger partial charge >= 0.3 is 5.97 Å². The quantitative estimate of drug-likeness (QED) is 0.717. The van der Waals surface area contributed by atoms with Crippen molar-refractivity contribution in [3.63, 3.8) is 0 Å². The monoisotopic (exact) mass is 402 g/mol. The van der Waals surface area contributed by atoms with Crippen molar-refractivity contribution < 1.29 is 19.1 Å². The first-order chi connectivity index (χ1) is 13.5. The number of amides is 1. The largest absolute Gasteiger partial charge is 0.484 e. The lowest BCUT2D eigenvalue weighted by molar-refractivity contribution is -0.118. The molecule has 0 aliphatic carbocycles. The summed E-state index contributed by atoms with van der Waals surface area (Å²) in [4.78, 5) is 28.3. The predicted molar refractivity (Wildman–Crippen MR) is 110 cm³/mol. The molecule has 1 N–H and O–H groups in total. The molecule has 1 aliphatic heterocycles. The summed E-state index contributed by atoms with van der Waals surface area (Å²) in [5.74, 6) is -0.0592. The van der Waals surface area contributed by atoms with Gasteiger partial charge in [-0.15, -0.1) is 11.3 Å². The molecule has 2 heterocycles. The Labute approximate surface area is 169 Å². The van der Waals surface area contributed by atoms with E-state index in [4.69, 9.17) is 9.47 Å². The minimum atomic E-state index is -0.406. The molecule has 3 rings (SSSR count). The average Bonchev–Trinajstić information content (AvgIpc) is 3.03. The lowest BCUT2D eigenvalue weighted by Gasteiger charge is -2.26. The number of rotatable bonds is 7. The van der Waals surface area contributed by atoms with Gasteiger partial charge in [-0.3, -0.25) is 9.69 Å². The minimum absolute atomic E-state index is 0.116. The number of thiophene rings is 1. The molecule has 0 spiro atoms. The zero-order valence-corrected chi connectivity index (χ0v) is 17.4. The van der Waals surface area contributed by atoms with Gasteiger partial charge in [0, 0.05) is 18.0 Å². The minimum Gasteiger partial charge on any atom is -0.484 e. The van der Waals surface area contributed by atoms with Crippen LogP contribution in [0.4, 0.5) is 5.00 Å². The van der Waals surface area contributed by atoms with Gasteiger partial charge in [-0.05, 0) is 49.6 Å². The number of esters is 1. The highest BCUT2D eigenvalue weighted by molar-refractivity contribution is 7.17. The van der Waals surface area contributed by atoms with Crippen molar-refractivity contribution in [2.45, 2.75) is 33.2 Å². The van der Waals surface area contributed by atoms with E-state index in [2.05, 4.69) is 17.1 Å². The third-order valence-electron chi connectivity index (χ3n) is 4.68. The first-order valence-corrected chi connectivity index (χ1v) is 10.3. The molecule has 150 valence electrons. The van der Waals surface area contributed by atoms with Crippen LogP contribution < -0.4 is 10.1 Å². The highest BCUT2D eigenvalue weighted by Crippen LogP contribution is 2.37. The summed E-state index contributed by atoms with van der Waals surface area (Å²) in [6.45, 7) is 6.74. The molecular weight excluding hydrogens is 376 g/mol. The Bertz CT molecular complexity index is 862. The maximum absolute atomic E-state index is 12.4. The molecule has 0 saturated carbocycles. The summed E-state index contributed by atoms with van der Waals surface area (Å²) in [5, 5.41) is 3.40. The van der Waals surface area contributed by atoms with Gasteiger partial charge in [0.05, 0.1) is 12.7 Å². The Balaban J connectivity index is 1.73. The van der Waals surface area contributed by atoms with E-state index in [-0.39, 0.29) is 12.5 Å². The first-order valence-electron chi connectivity index (χ1n) is 9.46. The number of hydrogen-bond acceptors (Lipinski definition) is 6. The van der Waals surface area contributed by atoms with Gasteiger partial charge in [0.2, 0.25) is 0 Å². The van der Waals surface area contributed by atoms with E-state index in [1.54, 1.807) is 0 Å². The van der Waals surface area contributed by atoms with E-state index < -0.39 is 5.97 Å². The number of methoxy groups -OCH3 is 1. The Kier molecular flexibility index (Phi) is 6.70. The number of fused-ring (bicyclic) bond motifs is 1. The number of nitrogens with zero attached hydrogens (tertiary/aromatic N) is 1. The fraction of sp³-hybridized carbons (Fsp3) is 0.429. The number of ether oxygens (including phenoxy) is 2. The molecule has 1 amide bonds.